The maximum absolute atomic E-state index is 12.8. The molecule has 0 radical (unpaired) electrons. The molecule has 2 saturated heterocycles. The standard InChI is InChI=1S/C16H24N2O4S2/c1-14-6-2-3-11-17(14)24(21,22)16-9-7-15(8-10-16)18-12-4-5-13-23(18,19)20/h7-10,14H,2-6,11-13H2,1H3/t14-/m0/s1. The molecule has 0 aliphatic carbocycles. The minimum Gasteiger partial charge on any atom is -0.270 e. The lowest BCUT2D eigenvalue weighted by molar-refractivity contribution is 0.268. The van der Waals surface area contributed by atoms with Gasteiger partial charge in [-0.1, -0.05) is 6.42 Å². The van der Waals surface area contributed by atoms with Gasteiger partial charge < -0.3 is 0 Å². The summed E-state index contributed by atoms with van der Waals surface area (Å²) in [5.41, 5.74) is 0.542. The molecule has 2 fully saturated rings. The van der Waals surface area contributed by atoms with Crippen LogP contribution in [0, 0.1) is 0 Å². The monoisotopic (exact) mass is 372 g/mol. The van der Waals surface area contributed by atoms with E-state index in [4.69, 9.17) is 0 Å². The molecular formula is C16H24N2O4S2. The van der Waals surface area contributed by atoms with Crippen molar-refractivity contribution < 1.29 is 16.8 Å². The molecule has 0 saturated carbocycles. The lowest BCUT2D eigenvalue weighted by atomic mass is 10.1. The van der Waals surface area contributed by atoms with Crippen LogP contribution >= 0.6 is 0 Å². The van der Waals surface area contributed by atoms with E-state index < -0.39 is 20.0 Å². The van der Waals surface area contributed by atoms with Gasteiger partial charge in [0, 0.05) is 19.1 Å². The predicted octanol–water partition coefficient (Wildman–Crippen LogP) is 2.18. The van der Waals surface area contributed by atoms with Crippen LogP contribution in [0.3, 0.4) is 0 Å². The molecule has 2 aliphatic heterocycles. The van der Waals surface area contributed by atoms with Gasteiger partial charge in [-0.25, -0.2) is 16.8 Å². The Labute approximate surface area is 144 Å². The van der Waals surface area contributed by atoms with Gasteiger partial charge in [0.05, 0.1) is 16.3 Å². The smallest absolute Gasteiger partial charge is 0.243 e. The van der Waals surface area contributed by atoms with Crippen molar-refractivity contribution in [3.8, 4) is 0 Å². The van der Waals surface area contributed by atoms with Crippen molar-refractivity contribution in [3.63, 3.8) is 0 Å². The molecule has 8 heteroatoms. The topological polar surface area (TPSA) is 74.8 Å². The van der Waals surface area contributed by atoms with Crippen LogP contribution in [-0.2, 0) is 20.0 Å². The highest BCUT2D eigenvalue weighted by Gasteiger charge is 2.31. The fourth-order valence-corrected chi connectivity index (χ4v) is 6.77. The lowest BCUT2D eigenvalue weighted by Crippen LogP contribution is -2.42. The van der Waals surface area contributed by atoms with Crippen LogP contribution in [0.15, 0.2) is 29.2 Å². The second-order valence-electron chi connectivity index (χ2n) is 6.55. The molecule has 0 bridgehead atoms. The van der Waals surface area contributed by atoms with Gasteiger partial charge in [-0.05, 0) is 56.9 Å². The van der Waals surface area contributed by atoms with E-state index in [1.54, 1.807) is 16.4 Å². The summed E-state index contributed by atoms with van der Waals surface area (Å²) in [5, 5.41) is 0. The summed E-state index contributed by atoms with van der Waals surface area (Å²) in [6, 6.07) is 6.26. The number of hydrogen-bond donors (Lipinski definition) is 0. The van der Waals surface area contributed by atoms with Crippen LogP contribution in [0.5, 0.6) is 0 Å². The molecule has 2 aliphatic rings. The number of piperidine rings is 1. The van der Waals surface area contributed by atoms with Gasteiger partial charge in [-0.15, -0.1) is 0 Å². The summed E-state index contributed by atoms with van der Waals surface area (Å²) in [6.07, 6.45) is 4.32. The van der Waals surface area contributed by atoms with Crippen molar-refractivity contribution >= 4 is 25.7 Å². The quantitative estimate of drug-likeness (QED) is 0.815. The summed E-state index contributed by atoms with van der Waals surface area (Å²) in [6.45, 7) is 2.94. The molecular weight excluding hydrogens is 348 g/mol. The van der Waals surface area contributed by atoms with Crippen LogP contribution in [0.4, 0.5) is 5.69 Å². The van der Waals surface area contributed by atoms with Crippen molar-refractivity contribution in [2.75, 3.05) is 23.1 Å². The fourth-order valence-electron chi connectivity index (χ4n) is 3.43. The van der Waals surface area contributed by atoms with Gasteiger partial charge in [-0.3, -0.25) is 4.31 Å². The highest BCUT2D eigenvalue weighted by Crippen LogP contribution is 2.28. The Morgan fingerprint density at radius 1 is 1.00 bits per heavy atom. The van der Waals surface area contributed by atoms with E-state index in [1.165, 1.54) is 16.4 Å². The van der Waals surface area contributed by atoms with Crippen molar-refractivity contribution in [1.29, 1.82) is 0 Å². The van der Waals surface area contributed by atoms with E-state index in [9.17, 15) is 16.8 Å². The van der Waals surface area contributed by atoms with E-state index >= 15 is 0 Å². The summed E-state index contributed by atoms with van der Waals surface area (Å²) in [7, 11) is -6.80. The minimum absolute atomic E-state index is 0.00546. The first kappa shape index (κ1) is 17.7. The van der Waals surface area contributed by atoms with Gasteiger partial charge in [0.25, 0.3) is 0 Å². The van der Waals surface area contributed by atoms with Crippen LogP contribution in [0.2, 0.25) is 0 Å². The molecule has 0 N–H and O–H groups in total. The predicted molar refractivity (Wildman–Crippen MR) is 94.0 cm³/mol. The highest BCUT2D eigenvalue weighted by atomic mass is 32.2. The Morgan fingerprint density at radius 3 is 2.29 bits per heavy atom. The summed E-state index contributed by atoms with van der Waals surface area (Å²) >= 11 is 0. The average molecular weight is 373 g/mol. The molecule has 1 atom stereocenters. The van der Waals surface area contributed by atoms with Gasteiger partial charge in [0.2, 0.25) is 20.0 Å². The molecule has 6 nitrogen and oxygen atoms in total. The Kier molecular flexibility index (Phi) is 4.90. The van der Waals surface area contributed by atoms with E-state index in [2.05, 4.69) is 0 Å². The molecule has 1 aromatic rings. The van der Waals surface area contributed by atoms with Crippen LogP contribution in [0.25, 0.3) is 0 Å². The van der Waals surface area contributed by atoms with Crippen LogP contribution in [0.1, 0.15) is 39.0 Å². The summed E-state index contributed by atoms with van der Waals surface area (Å²) in [4.78, 5) is 0.231. The minimum atomic E-state index is -3.52. The van der Waals surface area contributed by atoms with Crippen molar-refractivity contribution in [1.82, 2.24) is 4.31 Å². The second kappa shape index (κ2) is 6.65. The zero-order valence-electron chi connectivity index (χ0n) is 13.9. The normalized spacial score (nSPS) is 25.5. The fraction of sp³-hybridized carbons (Fsp3) is 0.625. The first-order chi connectivity index (χ1) is 11.3. The Morgan fingerprint density at radius 2 is 1.67 bits per heavy atom. The molecule has 0 unspecified atom stereocenters. The van der Waals surface area contributed by atoms with Crippen LogP contribution in [-0.4, -0.2) is 46.0 Å². The Hall–Kier alpha value is -1.12. The average Bonchev–Trinajstić information content (AvgIpc) is 2.55. The van der Waals surface area contributed by atoms with Crippen molar-refractivity contribution in [2.24, 2.45) is 0 Å². The largest absolute Gasteiger partial charge is 0.270 e. The molecule has 0 amide bonds. The van der Waals surface area contributed by atoms with E-state index in [0.717, 1.165) is 25.7 Å². The summed E-state index contributed by atoms with van der Waals surface area (Å²) < 4.78 is 52.9. The first-order valence-corrected chi connectivity index (χ1v) is 11.5. The third-order valence-corrected chi connectivity index (χ3v) is 8.72. The van der Waals surface area contributed by atoms with Gasteiger partial charge in [0.15, 0.2) is 0 Å². The van der Waals surface area contributed by atoms with Gasteiger partial charge in [0.1, 0.15) is 0 Å². The number of anilines is 1. The Bertz CT molecular complexity index is 788. The van der Waals surface area contributed by atoms with E-state index in [1.807, 2.05) is 6.92 Å². The van der Waals surface area contributed by atoms with Crippen molar-refractivity contribution in [3.05, 3.63) is 24.3 Å². The van der Waals surface area contributed by atoms with Crippen molar-refractivity contribution in [2.45, 2.75) is 50.0 Å². The lowest BCUT2D eigenvalue weighted by Gasteiger charge is -2.32. The molecule has 0 aromatic heterocycles. The van der Waals surface area contributed by atoms with Gasteiger partial charge in [-0.2, -0.15) is 4.31 Å². The number of rotatable bonds is 3. The number of hydrogen-bond acceptors (Lipinski definition) is 4. The van der Waals surface area contributed by atoms with Crippen LogP contribution < -0.4 is 4.31 Å². The zero-order chi connectivity index (χ0) is 17.4. The number of benzene rings is 1. The molecule has 1 aromatic carbocycles. The molecule has 3 rings (SSSR count). The maximum atomic E-state index is 12.8. The van der Waals surface area contributed by atoms with E-state index in [0.29, 0.717) is 25.2 Å². The SMILES string of the molecule is C[C@H]1CCCCN1S(=O)(=O)c1ccc(N2CCCCS2(=O)=O)cc1. The first-order valence-electron chi connectivity index (χ1n) is 8.45. The van der Waals surface area contributed by atoms with E-state index in [-0.39, 0.29) is 16.7 Å². The number of nitrogens with zero attached hydrogens (tertiary/aromatic N) is 2. The number of sulfonamides is 2. The summed E-state index contributed by atoms with van der Waals surface area (Å²) in [5.74, 6) is 0.151. The zero-order valence-corrected chi connectivity index (χ0v) is 15.5. The highest BCUT2D eigenvalue weighted by molar-refractivity contribution is 7.92. The third kappa shape index (κ3) is 3.32. The molecule has 0 spiro atoms. The second-order valence-corrected chi connectivity index (χ2v) is 10.5. The molecule has 134 valence electrons. The van der Waals surface area contributed by atoms with Gasteiger partial charge >= 0.3 is 0 Å². The maximum Gasteiger partial charge on any atom is 0.243 e. The Balaban J connectivity index is 1.86. The molecule has 2 heterocycles. The third-order valence-electron chi connectivity index (χ3n) is 4.82. The molecule has 24 heavy (non-hydrogen) atoms.